The summed E-state index contributed by atoms with van der Waals surface area (Å²) in [7, 11) is 0. The number of aromatic nitrogens is 3. The van der Waals surface area contributed by atoms with E-state index in [1.54, 1.807) is 12.1 Å². The summed E-state index contributed by atoms with van der Waals surface area (Å²) in [6, 6.07) is 16.9. The number of halogens is 1. The van der Waals surface area contributed by atoms with Crippen LogP contribution in [0.2, 0.25) is 5.02 Å². The lowest BCUT2D eigenvalue weighted by Crippen LogP contribution is -2.41. The highest BCUT2D eigenvalue weighted by Gasteiger charge is 2.37. The fourth-order valence-electron chi connectivity index (χ4n) is 3.16. The number of carbonyl (C=O) groups excluding carboxylic acids is 1. The molecule has 0 aliphatic carbocycles. The molecule has 0 fully saturated rings. The number of aryl methyl sites for hydroxylation is 1. The average Bonchev–Trinajstić information content (AvgIpc) is 3.11. The molecule has 2 heterocycles. The van der Waals surface area contributed by atoms with E-state index < -0.39 is 5.25 Å². The summed E-state index contributed by atoms with van der Waals surface area (Å²) in [4.78, 5) is 13.2. The maximum atomic E-state index is 13.2. The van der Waals surface area contributed by atoms with Crippen molar-refractivity contribution in [1.82, 2.24) is 14.9 Å². The Balaban J connectivity index is 1.67. The van der Waals surface area contributed by atoms with E-state index in [-0.39, 0.29) is 11.9 Å². The summed E-state index contributed by atoms with van der Waals surface area (Å²) in [5, 5.41) is 12.3. The van der Waals surface area contributed by atoms with Gasteiger partial charge in [0, 0.05) is 6.42 Å². The van der Waals surface area contributed by atoms with Gasteiger partial charge in [-0.15, -0.1) is 10.2 Å². The van der Waals surface area contributed by atoms with Crippen LogP contribution in [0.15, 0.2) is 59.8 Å². The SMILES string of the molecule is CCCc1nnc2n1N[C@@H](c1ccccc1)[C@H](C(=O)Nc1ccccc1Cl)S2. The number of benzene rings is 2. The average molecular weight is 414 g/mol. The van der Waals surface area contributed by atoms with Crippen molar-refractivity contribution in [3.8, 4) is 0 Å². The molecule has 2 N–H and O–H groups in total. The molecule has 3 aromatic rings. The van der Waals surface area contributed by atoms with Crippen LogP contribution in [-0.2, 0) is 11.2 Å². The molecule has 0 bridgehead atoms. The molecule has 0 radical (unpaired) electrons. The third kappa shape index (κ3) is 3.72. The van der Waals surface area contributed by atoms with Crippen LogP contribution in [0.5, 0.6) is 0 Å². The number of thioether (sulfide) groups is 1. The molecule has 0 saturated heterocycles. The Morgan fingerprint density at radius 3 is 2.68 bits per heavy atom. The first-order valence-electron chi connectivity index (χ1n) is 9.15. The van der Waals surface area contributed by atoms with Gasteiger partial charge in [-0.05, 0) is 24.1 Å². The van der Waals surface area contributed by atoms with E-state index in [1.165, 1.54) is 11.8 Å². The van der Waals surface area contributed by atoms with Crippen molar-refractivity contribution in [2.24, 2.45) is 0 Å². The van der Waals surface area contributed by atoms with Crippen LogP contribution in [0.3, 0.4) is 0 Å². The predicted molar refractivity (Wildman–Crippen MR) is 112 cm³/mol. The number of anilines is 1. The molecule has 6 nitrogen and oxygen atoms in total. The van der Waals surface area contributed by atoms with Gasteiger partial charge < -0.3 is 10.7 Å². The molecule has 1 aromatic heterocycles. The zero-order valence-corrected chi connectivity index (χ0v) is 16.9. The molecule has 1 aliphatic heterocycles. The number of nitrogens with one attached hydrogen (secondary N) is 2. The first kappa shape index (κ1) is 18.8. The molecule has 0 saturated carbocycles. The molecule has 1 aliphatic rings. The molecule has 4 rings (SSSR count). The van der Waals surface area contributed by atoms with Crippen molar-refractivity contribution < 1.29 is 4.79 Å². The van der Waals surface area contributed by atoms with Gasteiger partial charge in [0.15, 0.2) is 5.82 Å². The first-order valence-corrected chi connectivity index (χ1v) is 10.4. The number of hydrogen-bond donors (Lipinski definition) is 2. The molecule has 0 spiro atoms. The van der Waals surface area contributed by atoms with Crippen molar-refractivity contribution >= 4 is 35.0 Å². The van der Waals surface area contributed by atoms with E-state index in [1.807, 2.05) is 47.1 Å². The Morgan fingerprint density at radius 2 is 1.93 bits per heavy atom. The zero-order chi connectivity index (χ0) is 19.5. The third-order valence-electron chi connectivity index (χ3n) is 4.53. The smallest absolute Gasteiger partial charge is 0.240 e. The van der Waals surface area contributed by atoms with Crippen molar-refractivity contribution in [1.29, 1.82) is 0 Å². The van der Waals surface area contributed by atoms with E-state index in [0.717, 1.165) is 24.2 Å². The second-order valence-electron chi connectivity index (χ2n) is 6.51. The van der Waals surface area contributed by atoms with Crippen LogP contribution >= 0.6 is 23.4 Å². The van der Waals surface area contributed by atoms with Gasteiger partial charge in [-0.3, -0.25) is 4.79 Å². The molecule has 2 atom stereocenters. The predicted octanol–water partition coefficient (Wildman–Crippen LogP) is 4.28. The lowest BCUT2D eigenvalue weighted by molar-refractivity contribution is -0.116. The van der Waals surface area contributed by atoms with Crippen LogP contribution in [0, 0.1) is 0 Å². The third-order valence-corrected chi connectivity index (χ3v) is 6.07. The van der Waals surface area contributed by atoms with Crippen LogP contribution in [0.4, 0.5) is 5.69 Å². The minimum Gasteiger partial charge on any atom is -0.324 e. The second kappa shape index (κ2) is 8.24. The van der Waals surface area contributed by atoms with E-state index in [4.69, 9.17) is 11.6 Å². The van der Waals surface area contributed by atoms with Gasteiger partial charge in [0.05, 0.1) is 16.8 Å². The highest BCUT2D eigenvalue weighted by atomic mass is 35.5. The van der Waals surface area contributed by atoms with E-state index in [0.29, 0.717) is 15.9 Å². The van der Waals surface area contributed by atoms with Gasteiger partial charge in [0.25, 0.3) is 0 Å². The first-order chi connectivity index (χ1) is 13.7. The summed E-state index contributed by atoms with van der Waals surface area (Å²) in [5.74, 6) is 0.738. The van der Waals surface area contributed by atoms with Gasteiger partial charge in [-0.25, -0.2) is 4.68 Å². The Hall–Kier alpha value is -2.51. The van der Waals surface area contributed by atoms with Crippen LogP contribution in [-0.4, -0.2) is 26.0 Å². The number of hydrogen-bond acceptors (Lipinski definition) is 5. The highest BCUT2D eigenvalue weighted by molar-refractivity contribution is 8.00. The molecule has 0 unspecified atom stereocenters. The molecule has 144 valence electrons. The van der Waals surface area contributed by atoms with Crippen molar-refractivity contribution in [2.45, 2.75) is 36.2 Å². The normalized spacial score (nSPS) is 18.2. The molecule has 2 aromatic carbocycles. The number of nitrogens with zero attached hydrogens (tertiary/aromatic N) is 3. The molecular formula is C20H20ClN5OS. The zero-order valence-electron chi connectivity index (χ0n) is 15.3. The van der Waals surface area contributed by atoms with E-state index in [9.17, 15) is 4.79 Å². The van der Waals surface area contributed by atoms with Crippen molar-refractivity contribution in [3.05, 3.63) is 71.0 Å². The van der Waals surface area contributed by atoms with E-state index >= 15 is 0 Å². The lowest BCUT2D eigenvalue weighted by Gasteiger charge is -2.33. The summed E-state index contributed by atoms with van der Waals surface area (Å²) in [6.07, 6.45) is 1.79. The number of fused-ring (bicyclic) bond motifs is 1. The minimum absolute atomic E-state index is 0.134. The van der Waals surface area contributed by atoms with Gasteiger partial charge in [0.1, 0.15) is 5.25 Å². The largest absolute Gasteiger partial charge is 0.324 e. The van der Waals surface area contributed by atoms with Crippen LogP contribution in [0.25, 0.3) is 0 Å². The van der Waals surface area contributed by atoms with Gasteiger partial charge in [-0.2, -0.15) is 0 Å². The molecule has 1 amide bonds. The highest BCUT2D eigenvalue weighted by Crippen LogP contribution is 2.38. The summed E-state index contributed by atoms with van der Waals surface area (Å²) in [5.41, 5.74) is 5.08. The maximum Gasteiger partial charge on any atom is 0.240 e. The molecule has 28 heavy (non-hydrogen) atoms. The molecule has 8 heteroatoms. The van der Waals surface area contributed by atoms with Crippen LogP contribution < -0.4 is 10.7 Å². The number of rotatable bonds is 5. The fraction of sp³-hybridized carbons (Fsp3) is 0.250. The Labute approximate surface area is 172 Å². The lowest BCUT2D eigenvalue weighted by atomic mass is 10.0. The number of carbonyl (C=O) groups is 1. The maximum absolute atomic E-state index is 13.2. The van der Waals surface area contributed by atoms with Gasteiger partial charge in [-0.1, -0.05) is 72.8 Å². The summed E-state index contributed by atoms with van der Waals surface area (Å²) >= 11 is 7.63. The standard InChI is InChI=1S/C20H20ClN5OS/c1-2-8-16-23-24-20-26(16)25-17(13-9-4-3-5-10-13)18(28-20)19(27)22-15-12-7-6-11-14(15)21/h3-7,9-12,17-18,25H,2,8H2,1H3,(H,22,27)/t17-,18+/m0/s1. The van der Waals surface area contributed by atoms with E-state index in [2.05, 4.69) is 27.9 Å². The Kier molecular flexibility index (Phi) is 5.54. The summed E-state index contributed by atoms with van der Waals surface area (Å²) in [6.45, 7) is 2.10. The topological polar surface area (TPSA) is 71.8 Å². The fourth-order valence-corrected chi connectivity index (χ4v) is 4.44. The van der Waals surface area contributed by atoms with Crippen molar-refractivity contribution in [3.63, 3.8) is 0 Å². The number of para-hydroxylation sites is 1. The number of amides is 1. The quantitative estimate of drug-likeness (QED) is 0.653. The molecular weight excluding hydrogens is 394 g/mol. The minimum atomic E-state index is -0.426. The second-order valence-corrected chi connectivity index (χ2v) is 8.03. The Bertz CT molecular complexity index is 978. The monoisotopic (exact) mass is 413 g/mol. The van der Waals surface area contributed by atoms with Crippen molar-refractivity contribution in [2.75, 3.05) is 10.7 Å². The Morgan fingerprint density at radius 1 is 1.18 bits per heavy atom. The summed E-state index contributed by atoms with van der Waals surface area (Å²) < 4.78 is 1.91. The van der Waals surface area contributed by atoms with Crippen LogP contribution in [0.1, 0.15) is 30.8 Å². The van der Waals surface area contributed by atoms with Gasteiger partial charge >= 0.3 is 0 Å². The van der Waals surface area contributed by atoms with Gasteiger partial charge in [0.2, 0.25) is 11.1 Å².